The zero-order valence-electron chi connectivity index (χ0n) is 17.2. The van der Waals surface area contributed by atoms with Gasteiger partial charge in [-0.3, -0.25) is 14.9 Å². The van der Waals surface area contributed by atoms with Crippen LogP contribution >= 0.6 is 11.8 Å². The second kappa shape index (κ2) is 8.73. The van der Waals surface area contributed by atoms with E-state index in [9.17, 15) is 9.59 Å². The summed E-state index contributed by atoms with van der Waals surface area (Å²) in [5.74, 6) is 1.15. The van der Waals surface area contributed by atoms with E-state index < -0.39 is 5.92 Å². The molecule has 0 radical (unpaired) electrons. The van der Waals surface area contributed by atoms with Crippen LogP contribution in [-0.2, 0) is 9.59 Å². The first-order valence-corrected chi connectivity index (χ1v) is 11.2. The number of rotatable bonds is 6. The van der Waals surface area contributed by atoms with Crippen molar-refractivity contribution in [2.75, 3.05) is 20.0 Å². The maximum absolute atomic E-state index is 13.2. The minimum absolute atomic E-state index is 0.0717. The Balaban J connectivity index is 1.77. The van der Waals surface area contributed by atoms with Crippen molar-refractivity contribution in [1.29, 1.82) is 0 Å². The standard InChI is InChI=1S/C22H27N3O4S/c1-4-10-30-22-24-20-19(21(27)25-22)17(18-13(23-20)6-5-7-14(18)26)12-8-9-15(28-2)16(11-12)29-3/h4,8-9,11,17,19-20,22-24H,1,5-7,10H2,2-3H3,(H,25,27). The van der Waals surface area contributed by atoms with E-state index >= 15 is 0 Å². The molecule has 30 heavy (non-hydrogen) atoms. The van der Waals surface area contributed by atoms with E-state index in [1.54, 1.807) is 26.0 Å². The number of carbonyl (C=O) groups excluding carboxylic acids is 2. The van der Waals surface area contributed by atoms with Crippen molar-refractivity contribution in [3.8, 4) is 11.5 Å². The molecule has 4 unspecified atom stereocenters. The van der Waals surface area contributed by atoms with Crippen LogP contribution in [0.2, 0.25) is 0 Å². The largest absolute Gasteiger partial charge is 0.493 e. The number of ketones is 1. The third-order valence-corrected chi connectivity index (χ3v) is 6.89. The summed E-state index contributed by atoms with van der Waals surface area (Å²) in [6.45, 7) is 3.75. The molecule has 1 aromatic carbocycles. The number of thioether (sulfide) groups is 1. The van der Waals surface area contributed by atoms with Crippen LogP contribution in [0.3, 0.4) is 0 Å². The summed E-state index contributed by atoms with van der Waals surface area (Å²) >= 11 is 1.57. The van der Waals surface area contributed by atoms with E-state index in [0.29, 0.717) is 17.9 Å². The van der Waals surface area contributed by atoms with Gasteiger partial charge in [0.15, 0.2) is 17.3 Å². The average molecular weight is 430 g/mol. The number of hydrogen-bond donors (Lipinski definition) is 3. The Morgan fingerprint density at radius 1 is 1.17 bits per heavy atom. The quantitative estimate of drug-likeness (QED) is 0.598. The van der Waals surface area contributed by atoms with Gasteiger partial charge in [-0.2, -0.15) is 0 Å². The lowest BCUT2D eigenvalue weighted by atomic mass is 9.70. The topological polar surface area (TPSA) is 88.7 Å². The van der Waals surface area contributed by atoms with Gasteiger partial charge in [-0.05, 0) is 30.5 Å². The molecule has 4 rings (SSSR count). The highest BCUT2D eigenvalue weighted by Crippen LogP contribution is 2.45. The molecule has 1 saturated heterocycles. The summed E-state index contributed by atoms with van der Waals surface area (Å²) in [5.41, 5.74) is 2.34. The van der Waals surface area contributed by atoms with Gasteiger partial charge in [0.2, 0.25) is 5.91 Å². The van der Waals surface area contributed by atoms with Crippen LogP contribution in [0.1, 0.15) is 30.7 Å². The van der Waals surface area contributed by atoms with Crippen LogP contribution in [0.5, 0.6) is 11.5 Å². The molecule has 1 aromatic rings. The normalized spacial score (nSPS) is 28.1. The summed E-state index contributed by atoms with van der Waals surface area (Å²) in [6.07, 6.45) is 3.69. The summed E-state index contributed by atoms with van der Waals surface area (Å²) < 4.78 is 10.9. The van der Waals surface area contributed by atoms with E-state index in [1.165, 1.54) is 0 Å². The molecule has 8 heteroatoms. The lowest BCUT2D eigenvalue weighted by molar-refractivity contribution is -0.130. The minimum Gasteiger partial charge on any atom is -0.493 e. The first-order valence-electron chi connectivity index (χ1n) is 10.1. The molecule has 2 heterocycles. The highest BCUT2D eigenvalue weighted by molar-refractivity contribution is 7.99. The van der Waals surface area contributed by atoms with Crippen LogP contribution in [0.25, 0.3) is 0 Å². The third-order valence-electron chi connectivity index (χ3n) is 5.87. The molecule has 4 atom stereocenters. The van der Waals surface area contributed by atoms with Gasteiger partial charge >= 0.3 is 0 Å². The van der Waals surface area contributed by atoms with E-state index in [-0.39, 0.29) is 29.3 Å². The number of allylic oxidation sites excluding steroid dienone is 2. The van der Waals surface area contributed by atoms with Crippen molar-refractivity contribution in [2.45, 2.75) is 36.8 Å². The highest BCUT2D eigenvalue weighted by atomic mass is 32.2. The van der Waals surface area contributed by atoms with Crippen molar-refractivity contribution < 1.29 is 19.1 Å². The Morgan fingerprint density at radius 3 is 2.70 bits per heavy atom. The number of nitrogens with one attached hydrogen (secondary N) is 3. The number of fused-ring (bicyclic) bond motifs is 1. The number of carbonyl (C=O) groups is 2. The van der Waals surface area contributed by atoms with Gasteiger partial charge in [0.05, 0.1) is 26.3 Å². The van der Waals surface area contributed by atoms with Gasteiger partial charge in [-0.15, -0.1) is 18.3 Å². The smallest absolute Gasteiger partial charge is 0.229 e. The van der Waals surface area contributed by atoms with Gasteiger partial charge in [0.25, 0.3) is 0 Å². The van der Waals surface area contributed by atoms with E-state index in [2.05, 4.69) is 22.5 Å². The van der Waals surface area contributed by atoms with Crippen molar-refractivity contribution in [1.82, 2.24) is 16.0 Å². The summed E-state index contributed by atoms with van der Waals surface area (Å²) in [4.78, 5) is 26.2. The molecule has 0 aromatic heterocycles. The number of benzene rings is 1. The first-order chi connectivity index (χ1) is 14.6. The fourth-order valence-corrected chi connectivity index (χ4v) is 5.35. The Kier molecular flexibility index (Phi) is 6.06. The number of amides is 1. The summed E-state index contributed by atoms with van der Waals surface area (Å²) in [7, 11) is 3.17. The summed E-state index contributed by atoms with van der Waals surface area (Å²) in [6, 6.07) is 5.63. The zero-order valence-corrected chi connectivity index (χ0v) is 18.0. The Hall–Kier alpha value is -2.45. The van der Waals surface area contributed by atoms with Crippen LogP contribution in [0, 0.1) is 5.92 Å². The molecular formula is C22H27N3O4S. The van der Waals surface area contributed by atoms with Crippen molar-refractivity contribution >= 4 is 23.5 Å². The zero-order chi connectivity index (χ0) is 21.3. The lowest BCUT2D eigenvalue weighted by Crippen LogP contribution is -2.67. The monoisotopic (exact) mass is 429 g/mol. The Morgan fingerprint density at radius 2 is 1.97 bits per heavy atom. The molecule has 2 aliphatic heterocycles. The molecular weight excluding hydrogens is 402 g/mol. The van der Waals surface area contributed by atoms with Crippen LogP contribution in [0.15, 0.2) is 42.1 Å². The second-order valence-corrected chi connectivity index (χ2v) is 8.72. The van der Waals surface area contributed by atoms with Crippen LogP contribution in [0.4, 0.5) is 0 Å². The van der Waals surface area contributed by atoms with Gasteiger partial charge in [0, 0.05) is 29.4 Å². The number of Topliss-reactive ketones (excluding diaryl/α,β-unsaturated/α-hetero) is 1. The van der Waals surface area contributed by atoms with E-state index in [1.807, 2.05) is 24.3 Å². The number of methoxy groups -OCH3 is 2. The molecule has 0 bridgehead atoms. The molecule has 3 aliphatic rings. The molecule has 0 spiro atoms. The SMILES string of the molecule is C=CCSC1NC(=O)C2C(NC3=C(C(=O)CCC3)C2c2ccc(OC)c(OC)c2)N1. The lowest BCUT2D eigenvalue weighted by Gasteiger charge is -2.47. The van der Waals surface area contributed by atoms with Crippen LogP contribution < -0.4 is 25.4 Å². The van der Waals surface area contributed by atoms with Crippen molar-refractivity contribution in [2.24, 2.45) is 5.92 Å². The summed E-state index contributed by atoms with van der Waals surface area (Å²) in [5, 5.41) is 10.0. The molecule has 1 amide bonds. The third kappa shape index (κ3) is 3.70. The minimum atomic E-state index is -0.454. The maximum atomic E-state index is 13.2. The van der Waals surface area contributed by atoms with Crippen molar-refractivity contribution in [3.63, 3.8) is 0 Å². The fourth-order valence-electron chi connectivity index (χ4n) is 4.58. The van der Waals surface area contributed by atoms with E-state index in [4.69, 9.17) is 9.47 Å². The Labute approximate surface area is 180 Å². The Bertz CT molecular complexity index is 900. The highest BCUT2D eigenvalue weighted by Gasteiger charge is 2.49. The van der Waals surface area contributed by atoms with Gasteiger partial charge in [-0.25, -0.2) is 0 Å². The van der Waals surface area contributed by atoms with Crippen LogP contribution in [-0.4, -0.2) is 43.3 Å². The van der Waals surface area contributed by atoms with Gasteiger partial charge in [-0.1, -0.05) is 12.1 Å². The fraction of sp³-hybridized carbons (Fsp3) is 0.455. The predicted molar refractivity (Wildman–Crippen MR) is 116 cm³/mol. The molecule has 0 saturated carbocycles. The molecule has 1 aliphatic carbocycles. The number of ether oxygens (including phenoxy) is 2. The maximum Gasteiger partial charge on any atom is 0.229 e. The van der Waals surface area contributed by atoms with Crippen molar-refractivity contribution in [3.05, 3.63) is 47.7 Å². The molecule has 1 fully saturated rings. The molecule has 3 N–H and O–H groups in total. The van der Waals surface area contributed by atoms with E-state index in [0.717, 1.165) is 35.4 Å². The van der Waals surface area contributed by atoms with Gasteiger partial charge in [0.1, 0.15) is 5.50 Å². The first kappa shape index (κ1) is 20.8. The second-order valence-electron chi connectivity index (χ2n) is 7.59. The molecule has 7 nitrogen and oxygen atoms in total. The molecule has 160 valence electrons. The predicted octanol–water partition coefficient (Wildman–Crippen LogP) is 2.26. The number of hydrogen-bond acceptors (Lipinski definition) is 7. The van der Waals surface area contributed by atoms with Gasteiger partial charge < -0.3 is 20.1 Å². The average Bonchev–Trinajstić information content (AvgIpc) is 2.76.